The summed E-state index contributed by atoms with van der Waals surface area (Å²) in [4.78, 5) is 36.1. The van der Waals surface area contributed by atoms with E-state index in [0.29, 0.717) is 0 Å². The van der Waals surface area contributed by atoms with Crippen molar-refractivity contribution in [2.45, 2.75) is 0 Å². The third kappa shape index (κ3) is 36.3. The van der Waals surface area contributed by atoms with E-state index in [9.17, 15) is 0 Å². The molecule has 0 spiro atoms. The fourth-order valence-electron chi connectivity index (χ4n) is 0. The SMILES string of the molecule is N.N.O=C(O)C(=O)O.O=C([O-])C(=O)[O-].[K+].[K+]. The van der Waals surface area contributed by atoms with Crippen LogP contribution in [0.4, 0.5) is 0 Å². The number of carboxylic acid groups (broad SMARTS) is 4. The summed E-state index contributed by atoms with van der Waals surface area (Å²) in [5.74, 6) is -8.02. The van der Waals surface area contributed by atoms with Crippen LogP contribution in [0.1, 0.15) is 0 Å². The fraction of sp³-hybridized carbons (Fsp3) is 0. The van der Waals surface area contributed by atoms with Crippen LogP contribution in [0, 0.1) is 0 Å². The summed E-state index contributed by atoms with van der Waals surface area (Å²) in [7, 11) is 0. The van der Waals surface area contributed by atoms with Crippen molar-refractivity contribution in [3.8, 4) is 0 Å². The predicted molar refractivity (Wildman–Crippen MR) is 35.3 cm³/mol. The molecule has 0 aliphatic heterocycles. The molecule has 0 aliphatic rings. The summed E-state index contributed by atoms with van der Waals surface area (Å²) in [6.45, 7) is 0. The Balaban J connectivity index is -0.0000000250. The maximum atomic E-state index is 9.10. The molecule has 0 unspecified atom stereocenters. The predicted octanol–water partition coefficient (Wildman–Crippen LogP) is -10.0. The van der Waals surface area contributed by atoms with Gasteiger partial charge < -0.3 is 42.3 Å². The average molecular weight is 290 g/mol. The van der Waals surface area contributed by atoms with E-state index in [2.05, 4.69) is 0 Å². The van der Waals surface area contributed by atoms with Gasteiger partial charge in [0.1, 0.15) is 0 Å². The maximum absolute atomic E-state index is 9.10. The minimum absolute atomic E-state index is 0. The van der Waals surface area contributed by atoms with Crippen molar-refractivity contribution in [1.82, 2.24) is 12.3 Å². The molecule has 0 fully saturated rings. The normalized spacial score (nSPS) is 5.50. The zero-order valence-electron chi connectivity index (χ0n) is 8.76. The van der Waals surface area contributed by atoms with Crippen molar-refractivity contribution >= 4 is 23.9 Å². The molecule has 16 heavy (non-hydrogen) atoms. The second-order valence-electron chi connectivity index (χ2n) is 1.19. The molecule has 0 aromatic heterocycles. The van der Waals surface area contributed by atoms with Gasteiger partial charge in [0.05, 0.1) is 11.9 Å². The zero-order chi connectivity index (χ0) is 10.3. The van der Waals surface area contributed by atoms with Crippen LogP contribution < -0.4 is 125 Å². The largest absolute Gasteiger partial charge is 1.00 e. The molecule has 0 aromatic rings. The number of hydrogen-bond acceptors (Lipinski definition) is 8. The Morgan fingerprint density at radius 1 is 0.688 bits per heavy atom. The summed E-state index contributed by atoms with van der Waals surface area (Å²) >= 11 is 0. The third-order valence-corrected chi connectivity index (χ3v) is 0.350. The van der Waals surface area contributed by atoms with E-state index < -0.39 is 23.9 Å². The number of carbonyl (C=O) groups excluding carboxylic acids is 2. The number of aliphatic carboxylic acids is 4. The van der Waals surface area contributed by atoms with Crippen LogP contribution in [0.25, 0.3) is 0 Å². The van der Waals surface area contributed by atoms with E-state index in [1.54, 1.807) is 0 Å². The van der Waals surface area contributed by atoms with Crippen LogP contribution in [0.5, 0.6) is 0 Å². The molecule has 0 heterocycles. The van der Waals surface area contributed by atoms with E-state index >= 15 is 0 Å². The van der Waals surface area contributed by atoms with Crippen LogP contribution in [0.2, 0.25) is 0 Å². The van der Waals surface area contributed by atoms with Gasteiger partial charge in [-0.25, -0.2) is 9.59 Å². The van der Waals surface area contributed by atoms with Gasteiger partial charge in [-0.05, 0) is 0 Å². The van der Waals surface area contributed by atoms with Gasteiger partial charge in [0.25, 0.3) is 0 Å². The summed E-state index contributed by atoms with van der Waals surface area (Å²) < 4.78 is 0. The van der Waals surface area contributed by atoms with Crippen LogP contribution in [0.15, 0.2) is 0 Å². The zero-order valence-corrected chi connectivity index (χ0v) is 15.0. The van der Waals surface area contributed by atoms with Gasteiger partial charge in [-0.3, -0.25) is 0 Å². The first kappa shape index (κ1) is 36.0. The molecular weight excluding hydrogens is 282 g/mol. The summed E-state index contributed by atoms with van der Waals surface area (Å²) in [5.41, 5.74) is 0. The Morgan fingerprint density at radius 3 is 0.812 bits per heavy atom. The second-order valence-corrected chi connectivity index (χ2v) is 1.19. The summed E-state index contributed by atoms with van der Waals surface area (Å²) in [6.07, 6.45) is 0. The molecule has 0 aliphatic carbocycles. The van der Waals surface area contributed by atoms with Gasteiger partial charge >= 0.3 is 115 Å². The molecule has 0 amide bonds. The van der Waals surface area contributed by atoms with Crippen LogP contribution in [0.3, 0.4) is 0 Å². The molecule has 12 heteroatoms. The third-order valence-electron chi connectivity index (χ3n) is 0.350. The molecular formula is C4H8K2N2O8. The van der Waals surface area contributed by atoms with Crippen molar-refractivity contribution in [3.63, 3.8) is 0 Å². The Bertz CT molecular complexity index is 184. The van der Waals surface area contributed by atoms with Crippen LogP contribution in [-0.4, -0.2) is 34.1 Å². The number of carboxylic acids is 4. The van der Waals surface area contributed by atoms with Crippen molar-refractivity contribution in [2.24, 2.45) is 0 Å². The molecule has 0 saturated carbocycles. The molecule has 0 aromatic carbocycles. The number of hydrogen-bond donors (Lipinski definition) is 4. The van der Waals surface area contributed by atoms with Gasteiger partial charge in [-0.2, -0.15) is 0 Å². The Kier molecular flexibility index (Phi) is 48.0. The van der Waals surface area contributed by atoms with E-state index in [4.69, 9.17) is 39.6 Å². The molecule has 84 valence electrons. The Morgan fingerprint density at radius 2 is 0.812 bits per heavy atom. The van der Waals surface area contributed by atoms with Gasteiger partial charge in [0.2, 0.25) is 0 Å². The van der Waals surface area contributed by atoms with Crippen molar-refractivity contribution in [3.05, 3.63) is 0 Å². The van der Waals surface area contributed by atoms with Gasteiger partial charge in [-0.1, -0.05) is 0 Å². The van der Waals surface area contributed by atoms with Crippen LogP contribution in [-0.2, 0) is 19.2 Å². The van der Waals surface area contributed by atoms with Crippen LogP contribution >= 0.6 is 0 Å². The average Bonchev–Trinajstić information content (AvgIpc) is 1.88. The minimum atomic E-state index is -2.19. The second kappa shape index (κ2) is 21.4. The van der Waals surface area contributed by atoms with E-state index in [1.807, 2.05) is 0 Å². The van der Waals surface area contributed by atoms with Crippen molar-refractivity contribution in [1.29, 1.82) is 0 Å². The molecule has 0 saturated heterocycles. The summed E-state index contributed by atoms with van der Waals surface area (Å²) in [6, 6.07) is 0. The van der Waals surface area contributed by atoms with Crippen molar-refractivity contribution < 1.29 is 142 Å². The Labute approximate surface area is 175 Å². The molecule has 0 rings (SSSR count). The first-order valence-corrected chi connectivity index (χ1v) is 2.17. The fourth-order valence-corrected chi connectivity index (χ4v) is 0. The first-order valence-electron chi connectivity index (χ1n) is 2.17. The molecule has 0 bridgehead atoms. The monoisotopic (exact) mass is 290 g/mol. The molecule has 0 radical (unpaired) electrons. The molecule has 0 atom stereocenters. The molecule has 8 N–H and O–H groups in total. The quantitative estimate of drug-likeness (QED) is 0.243. The number of rotatable bonds is 0. The van der Waals surface area contributed by atoms with Gasteiger partial charge in [0.15, 0.2) is 0 Å². The smallest absolute Gasteiger partial charge is 0.543 e. The first-order chi connectivity index (χ1) is 5.29. The van der Waals surface area contributed by atoms with E-state index in [-0.39, 0.29) is 115 Å². The number of carbonyl (C=O) groups is 4. The van der Waals surface area contributed by atoms with E-state index in [1.165, 1.54) is 0 Å². The topological polar surface area (TPSA) is 225 Å². The minimum Gasteiger partial charge on any atom is -0.543 e. The standard InChI is InChI=1S/2C2H2O4.2K.2H3N/c2*3-1(4)2(5)6;;;;/h2*(H,3,4)(H,5,6);;;2*1H3/q;;2*+1;;/p-2. The summed E-state index contributed by atoms with van der Waals surface area (Å²) in [5, 5.41) is 32.6. The van der Waals surface area contributed by atoms with Crippen molar-refractivity contribution in [2.75, 3.05) is 0 Å². The maximum Gasteiger partial charge on any atom is 1.00 e. The molecule has 10 nitrogen and oxygen atoms in total. The van der Waals surface area contributed by atoms with Gasteiger partial charge in [0, 0.05) is 0 Å². The van der Waals surface area contributed by atoms with E-state index in [0.717, 1.165) is 0 Å². The Hall–Kier alpha value is 1.07. The van der Waals surface area contributed by atoms with Gasteiger partial charge in [-0.15, -0.1) is 0 Å².